The van der Waals surface area contributed by atoms with E-state index in [9.17, 15) is 0 Å². The number of hydrogen-bond acceptors (Lipinski definition) is 2. The number of aryl methyl sites for hydroxylation is 1. The molecule has 106 valence electrons. The Kier molecular flexibility index (Phi) is 5.41. The molecule has 2 heteroatoms. The molecule has 0 aromatic heterocycles. The third-order valence-corrected chi connectivity index (χ3v) is 3.94. The largest absolute Gasteiger partial charge is 0.373 e. The third kappa shape index (κ3) is 3.80. The fourth-order valence-electron chi connectivity index (χ4n) is 2.94. The van der Waals surface area contributed by atoms with Crippen LogP contribution in [0.2, 0.25) is 0 Å². The molecule has 1 aromatic rings. The molecule has 0 aliphatic carbocycles. The number of ether oxygens (including phenoxy) is 1. The van der Waals surface area contributed by atoms with Crippen molar-refractivity contribution in [1.82, 2.24) is 5.32 Å². The van der Waals surface area contributed by atoms with Gasteiger partial charge in [-0.2, -0.15) is 0 Å². The first kappa shape index (κ1) is 14.5. The average Bonchev–Trinajstić information content (AvgIpc) is 2.84. The molecule has 1 fully saturated rings. The molecule has 2 rings (SSSR count). The van der Waals surface area contributed by atoms with Crippen molar-refractivity contribution in [2.45, 2.75) is 64.7 Å². The van der Waals surface area contributed by atoms with Crippen molar-refractivity contribution < 1.29 is 4.74 Å². The molecule has 1 heterocycles. The molecule has 0 bridgehead atoms. The molecule has 1 aromatic carbocycles. The second kappa shape index (κ2) is 7.06. The second-order valence-electron chi connectivity index (χ2n) is 5.59. The maximum atomic E-state index is 6.05. The zero-order valence-electron chi connectivity index (χ0n) is 12.5. The Labute approximate surface area is 117 Å². The highest BCUT2D eigenvalue weighted by Gasteiger charge is 2.29. The lowest BCUT2D eigenvalue weighted by Gasteiger charge is -2.25. The van der Waals surface area contributed by atoms with Gasteiger partial charge in [-0.05, 0) is 43.9 Å². The Morgan fingerprint density at radius 3 is 2.47 bits per heavy atom. The Hall–Kier alpha value is -0.860. The summed E-state index contributed by atoms with van der Waals surface area (Å²) in [7, 11) is 0. The van der Waals surface area contributed by atoms with Gasteiger partial charge in [0.1, 0.15) is 0 Å². The van der Waals surface area contributed by atoms with Crippen LogP contribution in [0.15, 0.2) is 24.3 Å². The lowest BCUT2D eigenvalue weighted by molar-refractivity contribution is 0.0319. The Balaban J connectivity index is 2.09. The Morgan fingerprint density at radius 2 is 1.95 bits per heavy atom. The molecule has 1 saturated heterocycles. The maximum absolute atomic E-state index is 6.05. The molecular formula is C17H27NO. The maximum Gasteiger partial charge on any atom is 0.0774 e. The van der Waals surface area contributed by atoms with Crippen LogP contribution in [0.5, 0.6) is 0 Å². The molecule has 3 atom stereocenters. The summed E-state index contributed by atoms with van der Waals surface area (Å²) in [5.41, 5.74) is 2.79. The van der Waals surface area contributed by atoms with E-state index in [0.717, 1.165) is 13.0 Å². The minimum absolute atomic E-state index is 0.326. The van der Waals surface area contributed by atoms with Gasteiger partial charge in [0.2, 0.25) is 0 Å². The number of hydrogen-bond donors (Lipinski definition) is 1. The first-order chi connectivity index (χ1) is 9.24. The highest BCUT2D eigenvalue weighted by atomic mass is 16.5. The van der Waals surface area contributed by atoms with Crippen LogP contribution in [0.25, 0.3) is 0 Å². The van der Waals surface area contributed by atoms with Crippen molar-refractivity contribution in [3.05, 3.63) is 35.4 Å². The first-order valence-electron chi connectivity index (χ1n) is 7.72. The molecule has 1 aliphatic heterocycles. The van der Waals surface area contributed by atoms with Crippen LogP contribution >= 0.6 is 0 Å². The van der Waals surface area contributed by atoms with Crippen molar-refractivity contribution in [3.63, 3.8) is 0 Å². The van der Waals surface area contributed by atoms with Crippen LogP contribution in [0.3, 0.4) is 0 Å². The zero-order chi connectivity index (χ0) is 13.7. The second-order valence-corrected chi connectivity index (χ2v) is 5.59. The summed E-state index contributed by atoms with van der Waals surface area (Å²) in [4.78, 5) is 0. The number of benzene rings is 1. The zero-order valence-corrected chi connectivity index (χ0v) is 12.5. The topological polar surface area (TPSA) is 21.3 Å². The van der Waals surface area contributed by atoms with Crippen LogP contribution in [0, 0.1) is 0 Å². The van der Waals surface area contributed by atoms with Crippen molar-refractivity contribution in [2.24, 2.45) is 0 Å². The van der Waals surface area contributed by atoms with E-state index < -0.39 is 0 Å². The highest BCUT2D eigenvalue weighted by molar-refractivity contribution is 5.26. The van der Waals surface area contributed by atoms with E-state index in [1.165, 1.54) is 30.4 Å². The summed E-state index contributed by atoms with van der Waals surface area (Å²) < 4.78 is 6.05. The van der Waals surface area contributed by atoms with Gasteiger partial charge in [-0.15, -0.1) is 0 Å². The molecule has 3 unspecified atom stereocenters. The molecule has 1 N–H and O–H groups in total. The van der Waals surface area contributed by atoms with Gasteiger partial charge in [0.25, 0.3) is 0 Å². The van der Waals surface area contributed by atoms with Gasteiger partial charge in [-0.3, -0.25) is 0 Å². The van der Waals surface area contributed by atoms with Gasteiger partial charge in [-0.25, -0.2) is 0 Å². The van der Waals surface area contributed by atoms with Crippen molar-refractivity contribution in [2.75, 3.05) is 6.54 Å². The predicted molar refractivity (Wildman–Crippen MR) is 80.4 cm³/mol. The predicted octanol–water partition coefficient (Wildman–Crippen LogP) is 3.86. The highest BCUT2D eigenvalue weighted by Crippen LogP contribution is 2.30. The quantitative estimate of drug-likeness (QED) is 0.839. The van der Waals surface area contributed by atoms with Gasteiger partial charge < -0.3 is 10.1 Å². The summed E-state index contributed by atoms with van der Waals surface area (Å²) in [5, 5.41) is 3.59. The molecule has 2 nitrogen and oxygen atoms in total. The van der Waals surface area contributed by atoms with E-state index in [1.54, 1.807) is 0 Å². The number of likely N-dealkylation sites (N-methyl/N-ethyl adjacent to an activating group) is 1. The first-order valence-corrected chi connectivity index (χ1v) is 7.72. The van der Waals surface area contributed by atoms with Crippen LogP contribution in [-0.2, 0) is 11.2 Å². The van der Waals surface area contributed by atoms with E-state index in [-0.39, 0.29) is 0 Å². The van der Waals surface area contributed by atoms with Gasteiger partial charge in [-0.1, -0.05) is 44.5 Å². The summed E-state index contributed by atoms with van der Waals surface area (Å²) >= 11 is 0. The molecule has 19 heavy (non-hydrogen) atoms. The molecule has 0 amide bonds. The minimum Gasteiger partial charge on any atom is -0.373 e. The van der Waals surface area contributed by atoms with Gasteiger partial charge in [0.05, 0.1) is 18.2 Å². The van der Waals surface area contributed by atoms with Gasteiger partial charge in [0, 0.05) is 0 Å². The van der Waals surface area contributed by atoms with E-state index in [4.69, 9.17) is 4.74 Å². The van der Waals surface area contributed by atoms with Crippen molar-refractivity contribution in [3.8, 4) is 0 Å². The van der Waals surface area contributed by atoms with Gasteiger partial charge >= 0.3 is 0 Å². The van der Waals surface area contributed by atoms with Crippen LogP contribution in [0.1, 0.15) is 57.2 Å². The fourth-order valence-corrected chi connectivity index (χ4v) is 2.94. The van der Waals surface area contributed by atoms with Gasteiger partial charge in [0.15, 0.2) is 0 Å². The lowest BCUT2D eigenvalue weighted by Crippen LogP contribution is -2.32. The number of nitrogens with one attached hydrogen (secondary N) is 1. The summed E-state index contributed by atoms with van der Waals surface area (Å²) in [5.74, 6) is 0. The monoisotopic (exact) mass is 261 g/mol. The Morgan fingerprint density at radius 1 is 1.21 bits per heavy atom. The normalized spacial score (nSPS) is 24.6. The van der Waals surface area contributed by atoms with E-state index in [2.05, 4.69) is 50.4 Å². The van der Waals surface area contributed by atoms with Crippen LogP contribution < -0.4 is 5.32 Å². The average molecular weight is 261 g/mol. The smallest absolute Gasteiger partial charge is 0.0774 e. The van der Waals surface area contributed by atoms with Crippen molar-refractivity contribution in [1.29, 1.82) is 0 Å². The fraction of sp³-hybridized carbons (Fsp3) is 0.647. The summed E-state index contributed by atoms with van der Waals surface area (Å²) in [6.45, 7) is 7.54. The standard InChI is InChI=1S/C17H27NO/c1-4-6-14-8-10-15(11-9-14)17(18-5-2)16-12-7-13(3)19-16/h8-11,13,16-18H,4-7,12H2,1-3H3. The summed E-state index contributed by atoms with van der Waals surface area (Å²) in [6, 6.07) is 9.41. The molecule has 0 radical (unpaired) electrons. The van der Waals surface area contributed by atoms with Crippen LogP contribution in [0.4, 0.5) is 0 Å². The minimum atomic E-state index is 0.326. The van der Waals surface area contributed by atoms with E-state index in [0.29, 0.717) is 18.2 Å². The molecule has 1 aliphatic rings. The SMILES string of the molecule is CCCc1ccc(C(NCC)C2CCC(C)O2)cc1. The molecule has 0 spiro atoms. The van der Waals surface area contributed by atoms with Crippen LogP contribution in [-0.4, -0.2) is 18.8 Å². The lowest BCUT2D eigenvalue weighted by atomic mass is 9.97. The van der Waals surface area contributed by atoms with E-state index >= 15 is 0 Å². The number of rotatable bonds is 6. The summed E-state index contributed by atoms with van der Waals surface area (Å²) in [6.07, 6.45) is 5.45. The molecular weight excluding hydrogens is 234 g/mol. The van der Waals surface area contributed by atoms with E-state index in [1.807, 2.05) is 0 Å². The third-order valence-electron chi connectivity index (χ3n) is 3.94. The van der Waals surface area contributed by atoms with Crippen molar-refractivity contribution >= 4 is 0 Å². The Bertz CT molecular complexity index is 373. The molecule has 0 saturated carbocycles.